The van der Waals surface area contributed by atoms with Gasteiger partial charge in [-0.1, -0.05) is 0 Å². The molecular weight excluding hydrogens is 274 g/mol. The number of ether oxygens (including phenoxy) is 2. The number of aromatic nitrogens is 1. The van der Waals surface area contributed by atoms with Crippen molar-refractivity contribution in [3.05, 3.63) is 29.6 Å². The van der Waals surface area contributed by atoms with Gasteiger partial charge < -0.3 is 14.4 Å². The van der Waals surface area contributed by atoms with Crippen molar-refractivity contribution < 1.29 is 27.8 Å². The van der Waals surface area contributed by atoms with Crippen molar-refractivity contribution in [1.29, 1.82) is 0 Å². The lowest BCUT2D eigenvalue weighted by Crippen LogP contribution is -2.49. The van der Waals surface area contributed by atoms with Crippen LogP contribution in [0.5, 0.6) is 0 Å². The molecule has 0 N–H and O–H groups in total. The number of esters is 1. The number of hydrogen-bond donors (Lipinski definition) is 0. The fourth-order valence-corrected chi connectivity index (χ4v) is 1.86. The molecule has 2 heterocycles. The predicted octanol–water partition coefficient (Wildman–Crippen LogP) is 0.374. The van der Waals surface area contributed by atoms with Gasteiger partial charge in [0.05, 0.1) is 25.8 Å². The number of carbonyl (C=O) groups excluding carboxylic acids is 2. The Kier molecular flexibility index (Phi) is 4.23. The molecular formula is C12H12F2N2O4. The standard InChI is InChI=1S/C12H12F2N2O4/c1-19-12(18)8-6-16(4-5-20-8)11(17)7-2-3-15-10(14)9(7)13/h2-3,8H,4-6H2,1H3. The van der Waals surface area contributed by atoms with Crippen LogP contribution in [0.25, 0.3) is 0 Å². The monoisotopic (exact) mass is 286 g/mol. The van der Waals surface area contributed by atoms with Crippen LogP contribution < -0.4 is 0 Å². The van der Waals surface area contributed by atoms with E-state index in [0.29, 0.717) is 0 Å². The molecule has 1 aliphatic heterocycles. The first-order valence-electron chi connectivity index (χ1n) is 5.83. The Bertz CT molecular complexity index is 538. The minimum absolute atomic E-state index is 0.0745. The van der Waals surface area contributed by atoms with Crippen LogP contribution in [0.1, 0.15) is 10.4 Å². The number of pyridine rings is 1. The van der Waals surface area contributed by atoms with E-state index in [9.17, 15) is 18.4 Å². The maximum absolute atomic E-state index is 13.5. The van der Waals surface area contributed by atoms with Gasteiger partial charge in [-0.2, -0.15) is 4.39 Å². The van der Waals surface area contributed by atoms with Gasteiger partial charge in [0.2, 0.25) is 5.95 Å². The Morgan fingerprint density at radius 3 is 2.95 bits per heavy atom. The van der Waals surface area contributed by atoms with Crippen LogP contribution >= 0.6 is 0 Å². The summed E-state index contributed by atoms with van der Waals surface area (Å²) >= 11 is 0. The molecule has 0 aromatic carbocycles. The summed E-state index contributed by atoms with van der Waals surface area (Å²) in [6.45, 7) is 0.214. The molecule has 1 saturated heterocycles. The average Bonchev–Trinajstić information content (AvgIpc) is 2.48. The number of amides is 1. The molecule has 1 fully saturated rings. The number of nitrogens with zero attached hydrogens (tertiary/aromatic N) is 2. The highest BCUT2D eigenvalue weighted by molar-refractivity contribution is 5.94. The molecule has 0 aliphatic carbocycles. The summed E-state index contributed by atoms with van der Waals surface area (Å²) in [5.74, 6) is -3.99. The van der Waals surface area contributed by atoms with Crippen LogP contribution in [0.2, 0.25) is 0 Å². The maximum atomic E-state index is 13.5. The number of carbonyl (C=O) groups is 2. The Morgan fingerprint density at radius 1 is 1.50 bits per heavy atom. The smallest absolute Gasteiger partial charge is 0.336 e. The van der Waals surface area contributed by atoms with E-state index >= 15 is 0 Å². The molecule has 108 valence electrons. The molecule has 6 nitrogen and oxygen atoms in total. The summed E-state index contributed by atoms with van der Waals surface area (Å²) < 4.78 is 36.2. The zero-order valence-corrected chi connectivity index (χ0v) is 10.6. The fourth-order valence-electron chi connectivity index (χ4n) is 1.86. The van der Waals surface area contributed by atoms with E-state index in [1.807, 2.05) is 0 Å². The Labute approximate surface area is 113 Å². The molecule has 0 radical (unpaired) electrons. The molecule has 1 aromatic rings. The van der Waals surface area contributed by atoms with E-state index in [1.165, 1.54) is 12.0 Å². The Hall–Kier alpha value is -2.09. The van der Waals surface area contributed by atoms with Crippen LogP contribution in [0.3, 0.4) is 0 Å². The maximum Gasteiger partial charge on any atom is 0.336 e. The van der Waals surface area contributed by atoms with Gasteiger partial charge in [0.1, 0.15) is 0 Å². The van der Waals surface area contributed by atoms with Gasteiger partial charge in [-0.05, 0) is 6.07 Å². The van der Waals surface area contributed by atoms with Gasteiger partial charge in [-0.15, -0.1) is 0 Å². The van der Waals surface area contributed by atoms with Crippen molar-refractivity contribution in [1.82, 2.24) is 9.88 Å². The largest absolute Gasteiger partial charge is 0.467 e. The number of halogens is 2. The molecule has 1 aromatic heterocycles. The lowest BCUT2D eigenvalue weighted by molar-refractivity contribution is -0.158. The van der Waals surface area contributed by atoms with E-state index in [0.717, 1.165) is 12.3 Å². The third-order valence-corrected chi connectivity index (χ3v) is 2.89. The SMILES string of the molecule is COC(=O)C1CN(C(=O)c2ccnc(F)c2F)CCO1. The summed E-state index contributed by atoms with van der Waals surface area (Å²) in [4.78, 5) is 27.8. The van der Waals surface area contributed by atoms with E-state index < -0.39 is 35.3 Å². The van der Waals surface area contributed by atoms with Gasteiger partial charge in [-0.3, -0.25) is 4.79 Å². The van der Waals surface area contributed by atoms with Gasteiger partial charge in [0.15, 0.2) is 11.9 Å². The summed E-state index contributed by atoms with van der Waals surface area (Å²) in [7, 11) is 1.20. The molecule has 1 unspecified atom stereocenters. The highest BCUT2D eigenvalue weighted by Gasteiger charge is 2.31. The third-order valence-electron chi connectivity index (χ3n) is 2.89. The van der Waals surface area contributed by atoms with E-state index in [4.69, 9.17) is 4.74 Å². The van der Waals surface area contributed by atoms with E-state index in [-0.39, 0.29) is 19.7 Å². The first-order valence-corrected chi connectivity index (χ1v) is 5.83. The van der Waals surface area contributed by atoms with E-state index in [2.05, 4.69) is 9.72 Å². The first kappa shape index (κ1) is 14.3. The quantitative estimate of drug-likeness (QED) is 0.580. The highest BCUT2D eigenvalue weighted by Crippen LogP contribution is 2.15. The van der Waals surface area contributed by atoms with Gasteiger partial charge in [-0.25, -0.2) is 14.2 Å². The average molecular weight is 286 g/mol. The Balaban J connectivity index is 2.16. The molecule has 20 heavy (non-hydrogen) atoms. The molecule has 1 amide bonds. The van der Waals surface area contributed by atoms with Crippen LogP contribution in [0, 0.1) is 11.8 Å². The summed E-state index contributed by atoms with van der Waals surface area (Å²) in [6.07, 6.45) is 0.0802. The zero-order valence-electron chi connectivity index (χ0n) is 10.6. The minimum Gasteiger partial charge on any atom is -0.467 e. The molecule has 0 spiro atoms. The van der Waals surface area contributed by atoms with Crippen LogP contribution in [-0.2, 0) is 14.3 Å². The minimum atomic E-state index is -1.34. The molecule has 0 bridgehead atoms. The van der Waals surface area contributed by atoms with Crippen molar-refractivity contribution in [2.24, 2.45) is 0 Å². The van der Waals surface area contributed by atoms with Gasteiger partial charge in [0.25, 0.3) is 5.91 Å². The van der Waals surface area contributed by atoms with Crippen molar-refractivity contribution in [2.45, 2.75) is 6.10 Å². The second-order valence-corrected chi connectivity index (χ2v) is 4.10. The second-order valence-electron chi connectivity index (χ2n) is 4.10. The zero-order chi connectivity index (χ0) is 14.7. The molecule has 2 rings (SSSR count). The third kappa shape index (κ3) is 2.74. The van der Waals surface area contributed by atoms with Crippen molar-refractivity contribution in [2.75, 3.05) is 26.8 Å². The predicted molar refractivity (Wildman–Crippen MR) is 61.8 cm³/mol. The lowest BCUT2D eigenvalue weighted by atomic mass is 10.2. The van der Waals surface area contributed by atoms with Crippen LogP contribution in [0.4, 0.5) is 8.78 Å². The molecule has 1 atom stereocenters. The molecule has 1 aliphatic rings. The van der Waals surface area contributed by atoms with Crippen molar-refractivity contribution >= 4 is 11.9 Å². The summed E-state index contributed by atoms with van der Waals surface area (Å²) in [5.41, 5.74) is -0.428. The molecule has 0 saturated carbocycles. The molecule has 8 heteroatoms. The summed E-state index contributed by atoms with van der Waals surface area (Å²) in [5, 5.41) is 0. The lowest BCUT2D eigenvalue weighted by Gasteiger charge is -2.31. The summed E-state index contributed by atoms with van der Waals surface area (Å²) in [6, 6.07) is 1.09. The number of rotatable bonds is 2. The number of hydrogen-bond acceptors (Lipinski definition) is 5. The van der Waals surface area contributed by atoms with E-state index in [1.54, 1.807) is 0 Å². The van der Waals surface area contributed by atoms with Crippen LogP contribution in [0.15, 0.2) is 12.3 Å². The first-order chi connectivity index (χ1) is 9.54. The topological polar surface area (TPSA) is 68.7 Å². The van der Waals surface area contributed by atoms with Crippen molar-refractivity contribution in [3.8, 4) is 0 Å². The number of morpholine rings is 1. The highest BCUT2D eigenvalue weighted by atomic mass is 19.2. The second kappa shape index (κ2) is 5.91. The number of methoxy groups -OCH3 is 1. The van der Waals surface area contributed by atoms with Crippen molar-refractivity contribution in [3.63, 3.8) is 0 Å². The van der Waals surface area contributed by atoms with Gasteiger partial charge >= 0.3 is 5.97 Å². The normalized spacial score (nSPS) is 18.8. The van der Waals surface area contributed by atoms with Gasteiger partial charge in [0, 0.05) is 12.7 Å². The fraction of sp³-hybridized carbons (Fsp3) is 0.417. The Morgan fingerprint density at radius 2 is 2.25 bits per heavy atom. The van der Waals surface area contributed by atoms with Crippen LogP contribution in [-0.4, -0.2) is 54.7 Å².